The number of hydrogen-bond donors (Lipinski definition) is 2. The standard InChI is InChI=1S/C25H26IN3O2/c1-15(2)12-22-25(29-23(30)13-16-4-7-18(26)8-5-16)28-21-11-6-17-14-19(31-3)9-10-20(17)24(21)27-22/h4-5,7-10,12,14,23,30H,6,11,13H2,1-3H3,(H,28,29). The van der Waals surface area contributed by atoms with Crippen LogP contribution in [0.15, 0.2) is 48.0 Å². The van der Waals surface area contributed by atoms with Crippen LogP contribution in [0.4, 0.5) is 5.82 Å². The van der Waals surface area contributed by atoms with Gasteiger partial charge in [0.1, 0.15) is 17.7 Å². The van der Waals surface area contributed by atoms with Crippen LogP contribution in [0.2, 0.25) is 0 Å². The maximum absolute atomic E-state index is 10.7. The summed E-state index contributed by atoms with van der Waals surface area (Å²) in [5.41, 5.74) is 7.12. The quantitative estimate of drug-likeness (QED) is 0.339. The molecule has 1 atom stereocenters. The number of anilines is 1. The predicted molar refractivity (Wildman–Crippen MR) is 133 cm³/mol. The fourth-order valence-corrected chi connectivity index (χ4v) is 4.15. The molecule has 2 N–H and O–H groups in total. The third kappa shape index (κ3) is 5.07. The van der Waals surface area contributed by atoms with Gasteiger partial charge < -0.3 is 15.2 Å². The van der Waals surface area contributed by atoms with Crippen LogP contribution in [-0.4, -0.2) is 28.4 Å². The number of allylic oxidation sites excluding steroid dienone is 1. The predicted octanol–water partition coefficient (Wildman–Crippen LogP) is 5.25. The van der Waals surface area contributed by atoms with E-state index in [0.29, 0.717) is 12.2 Å². The van der Waals surface area contributed by atoms with Crippen LogP contribution in [0.3, 0.4) is 0 Å². The summed E-state index contributed by atoms with van der Waals surface area (Å²) >= 11 is 2.28. The lowest BCUT2D eigenvalue weighted by atomic mass is 9.91. The smallest absolute Gasteiger partial charge is 0.154 e. The number of aryl methyl sites for hydroxylation is 2. The number of hydrogen-bond acceptors (Lipinski definition) is 5. The molecule has 0 spiro atoms. The normalized spacial score (nSPS) is 13.1. The van der Waals surface area contributed by atoms with Crippen molar-refractivity contribution in [3.63, 3.8) is 0 Å². The lowest BCUT2D eigenvalue weighted by Crippen LogP contribution is -2.24. The summed E-state index contributed by atoms with van der Waals surface area (Å²) < 4.78 is 6.55. The monoisotopic (exact) mass is 527 g/mol. The van der Waals surface area contributed by atoms with Crippen LogP contribution in [0.5, 0.6) is 5.75 Å². The Morgan fingerprint density at radius 1 is 1.16 bits per heavy atom. The number of methoxy groups -OCH3 is 1. The zero-order chi connectivity index (χ0) is 22.0. The first-order chi connectivity index (χ1) is 14.9. The van der Waals surface area contributed by atoms with Gasteiger partial charge in [0.15, 0.2) is 5.82 Å². The molecule has 5 nitrogen and oxygen atoms in total. The molecule has 4 rings (SSSR count). The van der Waals surface area contributed by atoms with Crippen LogP contribution in [0.25, 0.3) is 17.3 Å². The minimum atomic E-state index is -0.753. The van der Waals surface area contributed by atoms with Crippen molar-refractivity contribution in [3.05, 3.63) is 74.1 Å². The van der Waals surface area contributed by atoms with Crippen molar-refractivity contribution < 1.29 is 9.84 Å². The number of rotatable bonds is 6. The third-order valence-electron chi connectivity index (χ3n) is 5.26. The van der Waals surface area contributed by atoms with E-state index in [4.69, 9.17) is 14.7 Å². The molecule has 6 heteroatoms. The minimum Gasteiger partial charge on any atom is -0.497 e. The number of nitrogens with one attached hydrogen (secondary N) is 1. The second-order valence-electron chi connectivity index (χ2n) is 7.99. The number of nitrogens with zero attached hydrogens (tertiary/aromatic N) is 2. The molecule has 1 aliphatic carbocycles. The summed E-state index contributed by atoms with van der Waals surface area (Å²) in [6.07, 6.45) is 3.44. The zero-order valence-corrected chi connectivity index (χ0v) is 20.1. The highest BCUT2D eigenvalue weighted by Gasteiger charge is 2.22. The summed E-state index contributed by atoms with van der Waals surface area (Å²) in [6.45, 7) is 4.07. The Bertz CT molecular complexity index is 1120. The summed E-state index contributed by atoms with van der Waals surface area (Å²) in [6, 6.07) is 14.3. The second kappa shape index (κ2) is 9.36. The van der Waals surface area contributed by atoms with E-state index >= 15 is 0 Å². The van der Waals surface area contributed by atoms with Crippen molar-refractivity contribution >= 4 is 34.5 Å². The highest BCUT2D eigenvalue weighted by molar-refractivity contribution is 14.1. The molecular formula is C25H26IN3O2. The van der Waals surface area contributed by atoms with E-state index in [9.17, 15) is 5.11 Å². The van der Waals surface area contributed by atoms with Crippen LogP contribution in [0.1, 0.15) is 36.4 Å². The molecule has 3 aromatic rings. The largest absolute Gasteiger partial charge is 0.497 e. The van der Waals surface area contributed by atoms with Crippen LogP contribution in [-0.2, 0) is 19.3 Å². The molecule has 2 aromatic carbocycles. The molecule has 1 aromatic heterocycles. The Hall–Kier alpha value is -2.45. The Labute approximate surface area is 196 Å². The summed E-state index contributed by atoms with van der Waals surface area (Å²) in [5.74, 6) is 1.48. The number of aromatic nitrogens is 2. The highest BCUT2D eigenvalue weighted by atomic mass is 127. The average Bonchev–Trinajstić information content (AvgIpc) is 2.75. The Balaban J connectivity index is 1.66. The third-order valence-corrected chi connectivity index (χ3v) is 5.98. The molecule has 160 valence electrons. The second-order valence-corrected chi connectivity index (χ2v) is 9.23. The van der Waals surface area contributed by atoms with E-state index in [1.54, 1.807) is 7.11 Å². The molecule has 0 saturated carbocycles. The highest BCUT2D eigenvalue weighted by Crippen LogP contribution is 2.35. The van der Waals surface area contributed by atoms with Gasteiger partial charge >= 0.3 is 0 Å². The van der Waals surface area contributed by atoms with Gasteiger partial charge in [-0.1, -0.05) is 17.7 Å². The molecule has 0 fully saturated rings. The van der Waals surface area contributed by atoms with Crippen LogP contribution < -0.4 is 10.1 Å². The first-order valence-corrected chi connectivity index (χ1v) is 11.4. The topological polar surface area (TPSA) is 67.3 Å². The number of aliphatic hydroxyl groups excluding tert-OH is 1. The van der Waals surface area contributed by atoms with Crippen LogP contribution >= 0.6 is 22.6 Å². The number of benzene rings is 2. The molecule has 0 saturated heterocycles. The van der Waals surface area contributed by atoms with Gasteiger partial charge in [-0.15, -0.1) is 0 Å². The Kier molecular flexibility index (Phi) is 6.57. The molecule has 0 radical (unpaired) electrons. The van der Waals surface area contributed by atoms with Gasteiger partial charge in [0, 0.05) is 15.6 Å². The molecule has 0 aliphatic heterocycles. The minimum absolute atomic E-state index is 0.493. The van der Waals surface area contributed by atoms with Crippen molar-refractivity contribution in [1.29, 1.82) is 0 Å². The van der Waals surface area contributed by atoms with Gasteiger partial charge in [0.25, 0.3) is 0 Å². The van der Waals surface area contributed by atoms with Crippen molar-refractivity contribution in [2.75, 3.05) is 12.4 Å². The van der Waals surface area contributed by atoms with Gasteiger partial charge in [0.05, 0.1) is 18.5 Å². The molecule has 1 unspecified atom stereocenters. The van der Waals surface area contributed by atoms with Gasteiger partial charge in [-0.05, 0) is 96.8 Å². The van der Waals surface area contributed by atoms with E-state index in [-0.39, 0.29) is 0 Å². The Morgan fingerprint density at radius 3 is 2.65 bits per heavy atom. The summed E-state index contributed by atoms with van der Waals surface area (Å²) in [7, 11) is 1.69. The SMILES string of the molecule is COc1ccc2c(c1)CCc1nc(NC(O)Cc3ccc(I)cc3)c(C=C(C)C)nc1-2. The van der Waals surface area contributed by atoms with Gasteiger partial charge in [-0.25, -0.2) is 9.97 Å². The van der Waals surface area contributed by atoms with Crippen molar-refractivity contribution in [1.82, 2.24) is 9.97 Å². The lowest BCUT2D eigenvalue weighted by molar-refractivity contribution is 0.203. The van der Waals surface area contributed by atoms with Crippen molar-refractivity contribution in [2.45, 2.75) is 39.3 Å². The zero-order valence-electron chi connectivity index (χ0n) is 17.9. The van der Waals surface area contributed by atoms with E-state index in [1.165, 1.54) is 9.13 Å². The fourth-order valence-electron chi connectivity index (χ4n) is 3.79. The Morgan fingerprint density at radius 2 is 1.94 bits per heavy atom. The fraction of sp³-hybridized carbons (Fsp3) is 0.280. The molecule has 1 heterocycles. The van der Waals surface area contributed by atoms with Gasteiger partial charge in [0.2, 0.25) is 0 Å². The van der Waals surface area contributed by atoms with Crippen molar-refractivity contribution in [3.8, 4) is 17.0 Å². The van der Waals surface area contributed by atoms with E-state index in [0.717, 1.165) is 52.4 Å². The summed E-state index contributed by atoms with van der Waals surface area (Å²) in [5, 5.41) is 13.9. The first-order valence-electron chi connectivity index (χ1n) is 10.3. The van der Waals surface area contributed by atoms with Crippen molar-refractivity contribution in [2.24, 2.45) is 0 Å². The number of aliphatic hydroxyl groups is 1. The maximum atomic E-state index is 10.7. The molecule has 1 aliphatic rings. The van der Waals surface area contributed by atoms with Crippen LogP contribution in [0, 0.1) is 3.57 Å². The molecule has 0 amide bonds. The van der Waals surface area contributed by atoms with Gasteiger partial charge in [-0.2, -0.15) is 0 Å². The van der Waals surface area contributed by atoms with E-state index in [1.807, 2.05) is 50.3 Å². The molecule has 31 heavy (non-hydrogen) atoms. The van der Waals surface area contributed by atoms with E-state index < -0.39 is 6.23 Å². The van der Waals surface area contributed by atoms with E-state index in [2.05, 4.69) is 40.0 Å². The average molecular weight is 527 g/mol. The number of fused-ring (bicyclic) bond motifs is 3. The molecular weight excluding hydrogens is 501 g/mol. The molecule has 0 bridgehead atoms. The first kappa shape index (κ1) is 21.8. The number of ether oxygens (including phenoxy) is 1. The lowest BCUT2D eigenvalue weighted by Gasteiger charge is -2.22. The maximum Gasteiger partial charge on any atom is 0.154 e. The summed E-state index contributed by atoms with van der Waals surface area (Å²) in [4.78, 5) is 9.86. The van der Waals surface area contributed by atoms with Gasteiger partial charge in [-0.3, -0.25) is 0 Å². The number of halogens is 1.